The summed E-state index contributed by atoms with van der Waals surface area (Å²) in [7, 11) is 1.66. The van der Waals surface area contributed by atoms with Crippen molar-refractivity contribution in [2.45, 2.75) is 13.1 Å². The molecule has 2 aromatic carbocycles. The number of piperazine rings is 1. The van der Waals surface area contributed by atoms with Gasteiger partial charge in [0.25, 0.3) is 0 Å². The summed E-state index contributed by atoms with van der Waals surface area (Å²) in [5.74, 6) is 0.717. The van der Waals surface area contributed by atoms with Crippen molar-refractivity contribution < 1.29 is 9.13 Å². The van der Waals surface area contributed by atoms with Crippen LogP contribution in [0.15, 0.2) is 48.5 Å². The first-order chi connectivity index (χ1) is 12.7. The molecule has 1 heterocycles. The van der Waals surface area contributed by atoms with Gasteiger partial charge in [-0.3, -0.25) is 4.90 Å². The highest BCUT2D eigenvalue weighted by molar-refractivity contribution is 7.80. The van der Waals surface area contributed by atoms with Crippen LogP contribution in [-0.2, 0) is 13.1 Å². The number of thiocarbonyl (C=S) groups is 1. The van der Waals surface area contributed by atoms with Crippen LogP contribution in [0.2, 0.25) is 0 Å². The molecule has 0 radical (unpaired) electrons. The first kappa shape index (κ1) is 18.6. The predicted octanol–water partition coefficient (Wildman–Crippen LogP) is 3.03. The van der Waals surface area contributed by atoms with Gasteiger partial charge in [-0.25, -0.2) is 4.39 Å². The zero-order valence-corrected chi connectivity index (χ0v) is 15.8. The lowest BCUT2D eigenvalue weighted by atomic mass is 10.2. The van der Waals surface area contributed by atoms with Crippen LogP contribution in [0.3, 0.4) is 0 Å². The molecule has 0 unspecified atom stereocenters. The van der Waals surface area contributed by atoms with Crippen molar-refractivity contribution in [1.29, 1.82) is 0 Å². The molecule has 0 aromatic heterocycles. The van der Waals surface area contributed by atoms with Crippen molar-refractivity contribution in [3.63, 3.8) is 0 Å². The van der Waals surface area contributed by atoms with Crippen molar-refractivity contribution >= 4 is 17.3 Å². The molecule has 0 saturated carbocycles. The number of ether oxygens (including phenoxy) is 1. The average Bonchev–Trinajstić information content (AvgIpc) is 2.69. The maximum atomic E-state index is 13.8. The first-order valence-electron chi connectivity index (χ1n) is 8.77. The van der Waals surface area contributed by atoms with E-state index in [1.54, 1.807) is 13.2 Å². The van der Waals surface area contributed by atoms with Gasteiger partial charge in [-0.15, -0.1) is 0 Å². The van der Waals surface area contributed by atoms with E-state index in [1.807, 2.05) is 36.4 Å². The number of nitrogens with one attached hydrogen (secondary N) is 1. The minimum atomic E-state index is -0.133. The normalized spacial score (nSPS) is 14.9. The van der Waals surface area contributed by atoms with Crippen LogP contribution in [-0.4, -0.2) is 48.2 Å². The third kappa shape index (κ3) is 4.93. The number of hydrogen-bond donors (Lipinski definition) is 1. The maximum absolute atomic E-state index is 13.8. The Morgan fingerprint density at radius 3 is 2.42 bits per heavy atom. The quantitative estimate of drug-likeness (QED) is 0.814. The standard InChI is InChI=1S/C20H24FN3OS/c1-25-18-8-6-16(7-9-18)14-22-20(26)24-12-10-23(11-13-24)15-17-4-2-3-5-19(17)21/h2-9H,10-15H2,1H3,(H,22,26). The van der Waals surface area contributed by atoms with Crippen LogP contribution in [0.4, 0.5) is 4.39 Å². The Balaban J connectivity index is 1.43. The van der Waals surface area contributed by atoms with Gasteiger partial charge in [0, 0.05) is 44.8 Å². The van der Waals surface area contributed by atoms with Crippen LogP contribution in [0.1, 0.15) is 11.1 Å². The SMILES string of the molecule is COc1ccc(CNC(=S)N2CCN(Cc3ccccc3F)CC2)cc1. The summed E-state index contributed by atoms with van der Waals surface area (Å²) in [4.78, 5) is 4.44. The lowest BCUT2D eigenvalue weighted by molar-refractivity contribution is 0.173. The molecule has 0 atom stereocenters. The molecule has 3 rings (SSSR count). The van der Waals surface area contributed by atoms with Gasteiger partial charge in [0.2, 0.25) is 0 Å². The molecule has 0 bridgehead atoms. The zero-order chi connectivity index (χ0) is 18.4. The van der Waals surface area contributed by atoms with Crippen LogP contribution >= 0.6 is 12.2 Å². The summed E-state index contributed by atoms with van der Waals surface area (Å²) in [5, 5.41) is 4.09. The second-order valence-corrected chi connectivity index (χ2v) is 6.75. The summed E-state index contributed by atoms with van der Waals surface area (Å²) >= 11 is 5.52. The smallest absolute Gasteiger partial charge is 0.169 e. The van der Waals surface area contributed by atoms with E-state index in [9.17, 15) is 4.39 Å². The molecule has 2 aromatic rings. The highest BCUT2D eigenvalue weighted by Gasteiger charge is 2.19. The Bertz CT molecular complexity index is 730. The minimum Gasteiger partial charge on any atom is -0.497 e. The second kappa shape index (κ2) is 8.96. The lowest BCUT2D eigenvalue weighted by Gasteiger charge is -2.36. The summed E-state index contributed by atoms with van der Waals surface area (Å²) in [6.45, 7) is 4.79. The molecule has 1 N–H and O–H groups in total. The Kier molecular flexibility index (Phi) is 6.41. The largest absolute Gasteiger partial charge is 0.497 e. The monoisotopic (exact) mass is 373 g/mol. The molecule has 26 heavy (non-hydrogen) atoms. The number of methoxy groups -OCH3 is 1. The molecular formula is C20H24FN3OS. The number of nitrogens with zero attached hydrogens (tertiary/aromatic N) is 2. The molecule has 4 nitrogen and oxygen atoms in total. The molecule has 0 spiro atoms. The van der Waals surface area contributed by atoms with Crippen LogP contribution in [0, 0.1) is 5.82 Å². The summed E-state index contributed by atoms with van der Waals surface area (Å²) in [6.07, 6.45) is 0. The van der Waals surface area contributed by atoms with Gasteiger partial charge in [-0.2, -0.15) is 0 Å². The van der Waals surface area contributed by atoms with Gasteiger partial charge in [-0.05, 0) is 36.0 Å². The van der Waals surface area contributed by atoms with Gasteiger partial charge < -0.3 is 15.0 Å². The van der Waals surface area contributed by atoms with Gasteiger partial charge in [0.05, 0.1) is 7.11 Å². The molecule has 1 fully saturated rings. The highest BCUT2D eigenvalue weighted by atomic mass is 32.1. The Morgan fingerprint density at radius 1 is 1.08 bits per heavy atom. The van der Waals surface area contributed by atoms with Gasteiger partial charge >= 0.3 is 0 Å². The lowest BCUT2D eigenvalue weighted by Crippen LogP contribution is -2.51. The fourth-order valence-corrected chi connectivity index (χ4v) is 3.26. The summed E-state index contributed by atoms with van der Waals surface area (Å²) in [5.41, 5.74) is 1.91. The van der Waals surface area contributed by atoms with Crippen molar-refractivity contribution in [3.8, 4) is 5.75 Å². The van der Waals surface area contributed by atoms with Gasteiger partial charge in [0.15, 0.2) is 5.11 Å². The third-order valence-corrected chi connectivity index (χ3v) is 5.02. The number of rotatable bonds is 5. The maximum Gasteiger partial charge on any atom is 0.169 e. The molecule has 1 saturated heterocycles. The van der Waals surface area contributed by atoms with E-state index in [0.29, 0.717) is 13.1 Å². The summed E-state index contributed by atoms with van der Waals surface area (Å²) < 4.78 is 19.0. The predicted molar refractivity (Wildman–Crippen MR) is 106 cm³/mol. The molecule has 6 heteroatoms. The molecule has 1 aliphatic rings. The fourth-order valence-electron chi connectivity index (χ4n) is 3.01. The van der Waals surface area contributed by atoms with E-state index in [0.717, 1.165) is 48.2 Å². The number of halogens is 1. The van der Waals surface area contributed by atoms with Crippen molar-refractivity contribution in [2.75, 3.05) is 33.3 Å². The van der Waals surface area contributed by atoms with Gasteiger partial charge in [0.1, 0.15) is 11.6 Å². The minimum absolute atomic E-state index is 0.133. The van der Waals surface area contributed by atoms with E-state index in [-0.39, 0.29) is 5.82 Å². The second-order valence-electron chi connectivity index (χ2n) is 6.36. The average molecular weight is 373 g/mol. The topological polar surface area (TPSA) is 27.7 Å². The Morgan fingerprint density at radius 2 is 1.77 bits per heavy atom. The molecular weight excluding hydrogens is 349 g/mol. The van der Waals surface area contributed by atoms with E-state index < -0.39 is 0 Å². The van der Waals surface area contributed by atoms with Crippen LogP contribution < -0.4 is 10.1 Å². The van der Waals surface area contributed by atoms with E-state index in [1.165, 1.54) is 6.07 Å². The van der Waals surface area contributed by atoms with Gasteiger partial charge in [-0.1, -0.05) is 30.3 Å². The number of hydrogen-bond acceptors (Lipinski definition) is 3. The summed E-state index contributed by atoms with van der Waals surface area (Å²) in [6, 6.07) is 14.9. The van der Waals surface area contributed by atoms with Crippen LogP contribution in [0.25, 0.3) is 0 Å². The zero-order valence-electron chi connectivity index (χ0n) is 15.0. The molecule has 0 aliphatic carbocycles. The Labute approximate surface area is 159 Å². The van der Waals surface area contributed by atoms with Crippen molar-refractivity contribution in [3.05, 3.63) is 65.5 Å². The van der Waals surface area contributed by atoms with Crippen molar-refractivity contribution in [2.24, 2.45) is 0 Å². The Hall–Kier alpha value is -2.18. The molecule has 0 amide bonds. The first-order valence-corrected chi connectivity index (χ1v) is 9.18. The van der Waals surface area contributed by atoms with E-state index >= 15 is 0 Å². The number of benzene rings is 2. The van der Waals surface area contributed by atoms with E-state index in [2.05, 4.69) is 15.1 Å². The third-order valence-electron chi connectivity index (χ3n) is 4.61. The highest BCUT2D eigenvalue weighted by Crippen LogP contribution is 2.13. The molecule has 138 valence electrons. The fraction of sp³-hybridized carbons (Fsp3) is 0.350. The van der Waals surface area contributed by atoms with E-state index in [4.69, 9.17) is 17.0 Å². The van der Waals surface area contributed by atoms with Crippen molar-refractivity contribution in [1.82, 2.24) is 15.1 Å². The molecule has 1 aliphatic heterocycles. The van der Waals surface area contributed by atoms with Crippen LogP contribution in [0.5, 0.6) is 5.75 Å².